The average Bonchev–Trinajstić information content (AvgIpc) is 2.89. The molecule has 1 fully saturated rings. The topological polar surface area (TPSA) is 15.3 Å². The molecule has 2 nitrogen and oxygen atoms in total. The van der Waals surface area contributed by atoms with E-state index in [4.69, 9.17) is 0 Å². The molecule has 1 N–H and O–H groups in total. The summed E-state index contributed by atoms with van der Waals surface area (Å²) >= 11 is 1.89. The number of hydrogen-bond donors (Lipinski definition) is 1. The maximum Gasteiger partial charge on any atom is 0.0601 e. The highest BCUT2D eigenvalue weighted by atomic mass is 32.1. The summed E-state index contributed by atoms with van der Waals surface area (Å²) in [6.07, 6.45) is 5.35. The van der Waals surface area contributed by atoms with Gasteiger partial charge < -0.3 is 10.2 Å². The van der Waals surface area contributed by atoms with Gasteiger partial charge in [-0.3, -0.25) is 0 Å². The van der Waals surface area contributed by atoms with Crippen LogP contribution >= 0.6 is 11.3 Å². The Hall–Kier alpha value is -0.380. The lowest BCUT2D eigenvalue weighted by Crippen LogP contribution is -2.55. The zero-order valence-electron chi connectivity index (χ0n) is 12.8. The van der Waals surface area contributed by atoms with E-state index in [1.54, 1.807) is 0 Å². The summed E-state index contributed by atoms with van der Waals surface area (Å²) in [6.45, 7) is 5.66. The first-order valence-electron chi connectivity index (χ1n) is 7.54. The Labute approximate surface area is 122 Å². The predicted molar refractivity (Wildman–Crippen MR) is 84.8 cm³/mol. The first-order valence-corrected chi connectivity index (χ1v) is 8.42. The monoisotopic (exact) mass is 280 g/mol. The van der Waals surface area contributed by atoms with Gasteiger partial charge in [-0.1, -0.05) is 32.8 Å². The van der Waals surface area contributed by atoms with Crippen molar-refractivity contribution in [1.29, 1.82) is 0 Å². The zero-order valence-corrected chi connectivity index (χ0v) is 13.6. The molecular formula is C16H28N2S. The number of nitrogens with one attached hydrogen (secondary N) is 1. The van der Waals surface area contributed by atoms with Crippen molar-refractivity contribution < 1.29 is 0 Å². The third-order valence-electron chi connectivity index (χ3n) is 4.67. The molecule has 3 unspecified atom stereocenters. The first-order chi connectivity index (χ1) is 9.10. The standard InChI is InChI=1S/C16H28N2S/c1-5-17-15(14-9-7-11-19-14)16(18(3)4)10-6-8-13(2)12-16/h7,9,11,13,15,17H,5-6,8,10,12H2,1-4H3. The minimum absolute atomic E-state index is 0.276. The molecule has 0 aliphatic heterocycles. The molecule has 0 aromatic carbocycles. The molecule has 0 bridgehead atoms. The molecule has 1 aliphatic rings. The molecule has 0 saturated heterocycles. The van der Waals surface area contributed by atoms with Gasteiger partial charge in [0.15, 0.2) is 0 Å². The number of likely N-dealkylation sites (N-methyl/N-ethyl adjacent to an activating group) is 2. The Kier molecular flexibility index (Phi) is 5.04. The summed E-state index contributed by atoms with van der Waals surface area (Å²) in [7, 11) is 4.52. The molecule has 1 aromatic rings. The van der Waals surface area contributed by atoms with E-state index in [9.17, 15) is 0 Å². The Morgan fingerprint density at radius 1 is 1.53 bits per heavy atom. The largest absolute Gasteiger partial charge is 0.308 e. The van der Waals surface area contributed by atoms with Crippen molar-refractivity contribution in [2.45, 2.75) is 51.1 Å². The number of hydrogen-bond acceptors (Lipinski definition) is 3. The number of thiophene rings is 1. The van der Waals surface area contributed by atoms with Crippen LogP contribution in [0.5, 0.6) is 0 Å². The fourth-order valence-corrected chi connectivity index (χ4v) is 4.62. The van der Waals surface area contributed by atoms with Crippen LogP contribution in [-0.2, 0) is 0 Å². The van der Waals surface area contributed by atoms with Gasteiger partial charge >= 0.3 is 0 Å². The lowest BCUT2D eigenvalue weighted by molar-refractivity contribution is 0.0384. The van der Waals surface area contributed by atoms with Gasteiger partial charge in [0.05, 0.1) is 6.04 Å². The van der Waals surface area contributed by atoms with Gasteiger partial charge in [0.25, 0.3) is 0 Å². The van der Waals surface area contributed by atoms with Gasteiger partial charge in [0.2, 0.25) is 0 Å². The molecule has 1 aromatic heterocycles. The zero-order chi connectivity index (χ0) is 13.9. The van der Waals surface area contributed by atoms with Gasteiger partial charge in [0, 0.05) is 10.4 Å². The molecule has 1 saturated carbocycles. The highest BCUT2D eigenvalue weighted by Crippen LogP contribution is 2.44. The third-order valence-corrected chi connectivity index (χ3v) is 5.61. The van der Waals surface area contributed by atoms with Gasteiger partial charge in [-0.05, 0) is 50.8 Å². The van der Waals surface area contributed by atoms with Gasteiger partial charge in [0.1, 0.15) is 0 Å². The highest BCUT2D eigenvalue weighted by Gasteiger charge is 2.44. The van der Waals surface area contributed by atoms with Crippen LogP contribution < -0.4 is 5.32 Å². The van der Waals surface area contributed by atoms with E-state index in [0.29, 0.717) is 6.04 Å². The highest BCUT2D eigenvalue weighted by molar-refractivity contribution is 7.10. The van der Waals surface area contributed by atoms with Gasteiger partial charge in [-0.2, -0.15) is 0 Å². The van der Waals surface area contributed by atoms with Crippen molar-refractivity contribution >= 4 is 11.3 Å². The lowest BCUT2D eigenvalue weighted by Gasteiger charge is -2.50. The van der Waals surface area contributed by atoms with Crippen LogP contribution in [-0.4, -0.2) is 31.1 Å². The summed E-state index contributed by atoms with van der Waals surface area (Å²) in [6, 6.07) is 4.94. The molecule has 19 heavy (non-hydrogen) atoms. The molecular weight excluding hydrogens is 252 g/mol. The van der Waals surface area contributed by atoms with Crippen LogP contribution in [0.2, 0.25) is 0 Å². The predicted octanol–water partition coefficient (Wildman–Crippen LogP) is 3.91. The van der Waals surface area contributed by atoms with Crippen molar-refractivity contribution in [2.75, 3.05) is 20.6 Å². The first kappa shape index (κ1) is 15.0. The lowest BCUT2D eigenvalue weighted by atomic mass is 9.71. The van der Waals surface area contributed by atoms with E-state index >= 15 is 0 Å². The van der Waals surface area contributed by atoms with Gasteiger partial charge in [-0.25, -0.2) is 0 Å². The Morgan fingerprint density at radius 2 is 2.32 bits per heavy atom. The summed E-state index contributed by atoms with van der Waals surface area (Å²) in [5.41, 5.74) is 0.276. The fourth-order valence-electron chi connectivity index (χ4n) is 3.71. The summed E-state index contributed by atoms with van der Waals surface area (Å²) < 4.78 is 0. The average molecular weight is 280 g/mol. The second-order valence-electron chi connectivity index (χ2n) is 6.21. The van der Waals surface area contributed by atoms with E-state index < -0.39 is 0 Å². The van der Waals surface area contributed by atoms with E-state index in [2.05, 4.69) is 55.7 Å². The minimum atomic E-state index is 0.276. The van der Waals surface area contributed by atoms with Crippen molar-refractivity contribution in [2.24, 2.45) is 5.92 Å². The molecule has 2 rings (SSSR count). The van der Waals surface area contributed by atoms with E-state index in [0.717, 1.165) is 12.5 Å². The van der Waals surface area contributed by atoms with Crippen molar-refractivity contribution in [3.8, 4) is 0 Å². The second-order valence-corrected chi connectivity index (χ2v) is 7.18. The maximum atomic E-state index is 3.77. The van der Waals surface area contributed by atoms with Crippen LogP contribution in [0.25, 0.3) is 0 Å². The van der Waals surface area contributed by atoms with Crippen LogP contribution in [0.15, 0.2) is 17.5 Å². The minimum Gasteiger partial charge on any atom is -0.308 e. The molecule has 108 valence electrons. The summed E-state index contributed by atoms with van der Waals surface area (Å²) in [4.78, 5) is 3.97. The van der Waals surface area contributed by atoms with E-state index in [1.807, 2.05) is 11.3 Å². The summed E-state index contributed by atoms with van der Waals surface area (Å²) in [5.74, 6) is 0.831. The molecule has 1 heterocycles. The SMILES string of the molecule is CCNC(c1cccs1)C1(N(C)C)CCCC(C)C1. The number of rotatable bonds is 5. The second kappa shape index (κ2) is 6.38. The smallest absolute Gasteiger partial charge is 0.0601 e. The van der Waals surface area contributed by atoms with E-state index in [-0.39, 0.29) is 5.54 Å². The summed E-state index contributed by atoms with van der Waals surface area (Å²) in [5, 5.41) is 5.97. The third kappa shape index (κ3) is 3.04. The normalized spacial score (nSPS) is 29.6. The molecule has 3 heteroatoms. The van der Waals surface area contributed by atoms with E-state index in [1.165, 1.54) is 30.6 Å². The molecule has 3 atom stereocenters. The Morgan fingerprint density at radius 3 is 2.84 bits per heavy atom. The molecule has 1 aliphatic carbocycles. The molecule has 0 amide bonds. The Bertz CT molecular complexity index is 374. The van der Waals surface area contributed by atoms with Crippen molar-refractivity contribution in [3.63, 3.8) is 0 Å². The van der Waals surface area contributed by atoms with Crippen LogP contribution in [0, 0.1) is 5.92 Å². The van der Waals surface area contributed by atoms with Crippen LogP contribution in [0.4, 0.5) is 0 Å². The van der Waals surface area contributed by atoms with Crippen LogP contribution in [0.1, 0.15) is 50.4 Å². The van der Waals surface area contributed by atoms with Gasteiger partial charge in [-0.15, -0.1) is 11.3 Å². The maximum absolute atomic E-state index is 3.77. The number of nitrogens with zero attached hydrogens (tertiary/aromatic N) is 1. The molecule has 0 radical (unpaired) electrons. The molecule has 0 spiro atoms. The quantitative estimate of drug-likeness (QED) is 0.879. The van der Waals surface area contributed by atoms with Crippen molar-refractivity contribution in [1.82, 2.24) is 10.2 Å². The Balaban J connectivity index is 2.34. The fraction of sp³-hybridized carbons (Fsp3) is 0.750. The van der Waals surface area contributed by atoms with Crippen LogP contribution in [0.3, 0.4) is 0 Å². The van der Waals surface area contributed by atoms with Crippen molar-refractivity contribution in [3.05, 3.63) is 22.4 Å².